The maximum Gasteiger partial charge on any atom is 0.305 e. The van der Waals surface area contributed by atoms with E-state index in [1.807, 2.05) is 13.0 Å². The van der Waals surface area contributed by atoms with Crippen LogP contribution < -0.4 is 0 Å². The zero-order chi connectivity index (χ0) is 27.3. The quantitative estimate of drug-likeness (QED) is 0.126. The number of hydrogen-bond donors (Lipinski definition) is 0. The number of hydrogen-bond acceptors (Lipinski definition) is 7. The van der Waals surface area contributed by atoms with Crippen LogP contribution in [0.2, 0.25) is 0 Å². The Balaban J connectivity index is 1.65. The van der Waals surface area contributed by atoms with E-state index in [0.29, 0.717) is 31.8 Å². The fraction of sp³-hybridized carbons (Fsp3) is 0.774. The van der Waals surface area contributed by atoms with E-state index in [1.165, 1.54) is 26.9 Å². The number of carbonyl (C=O) groups excluding carboxylic acids is 3. The largest absolute Gasteiger partial charge is 0.469 e. The Hall–Kier alpha value is -2.17. The summed E-state index contributed by atoms with van der Waals surface area (Å²) in [5.41, 5.74) is 0. The molecule has 2 unspecified atom stereocenters. The zero-order valence-electron chi connectivity index (χ0n) is 23.5. The molecule has 0 spiro atoms. The van der Waals surface area contributed by atoms with E-state index in [0.717, 1.165) is 51.4 Å². The van der Waals surface area contributed by atoms with Crippen LogP contribution >= 0.6 is 0 Å². The second-order valence-corrected chi connectivity index (χ2v) is 11.1. The van der Waals surface area contributed by atoms with E-state index >= 15 is 0 Å². The molecule has 0 N–H and O–H groups in total. The fourth-order valence-electron chi connectivity index (χ4n) is 5.40. The van der Waals surface area contributed by atoms with Gasteiger partial charge in [0.05, 0.1) is 13.2 Å². The van der Waals surface area contributed by atoms with E-state index in [-0.39, 0.29) is 54.0 Å². The van der Waals surface area contributed by atoms with Gasteiger partial charge >= 0.3 is 11.9 Å². The number of allylic oxidation sites excluding steroid dienone is 1. The predicted octanol–water partition coefficient (Wildman–Crippen LogP) is 5.54. The van der Waals surface area contributed by atoms with Crippen LogP contribution in [0.1, 0.15) is 97.3 Å². The van der Waals surface area contributed by atoms with Gasteiger partial charge in [-0.2, -0.15) is 0 Å². The minimum absolute atomic E-state index is 0.0476. The van der Waals surface area contributed by atoms with Crippen molar-refractivity contribution in [2.24, 2.45) is 23.7 Å². The molecule has 212 valence electrons. The lowest BCUT2D eigenvalue weighted by molar-refractivity contribution is -0.193. The standard InChI is InChI=1S/C31H46O7/c1-22(11-10-12-24-16-17-24)27(33)19-18-26-25(13-6-4-5-7-14-30(34)35-3)28(37-23(2)32)21-29(26)38-31-15-8-9-20-36-31/h18-19,22,24-26,28-29,31H,4-9,11,13-17,20-21H2,1-3H3/b19-18+/t22?,25-,26-,28+,29-,31?/m1/s1. The molecule has 7 nitrogen and oxygen atoms in total. The number of ketones is 1. The maximum absolute atomic E-state index is 12.9. The summed E-state index contributed by atoms with van der Waals surface area (Å²) < 4.78 is 22.8. The summed E-state index contributed by atoms with van der Waals surface area (Å²) in [6, 6.07) is 0. The molecule has 1 aliphatic heterocycles. The van der Waals surface area contributed by atoms with Crippen LogP contribution in [0.25, 0.3) is 0 Å². The van der Waals surface area contributed by atoms with Gasteiger partial charge < -0.3 is 18.9 Å². The molecule has 1 heterocycles. The molecule has 0 aromatic carbocycles. The van der Waals surface area contributed by atoms with Crippen LogP contribution in [0.4, 0.5) is 0 Å². The van der Waals surface area contributed by atoms with Gasteiger partial charge in [0.1, 0.15) is 6.10 Å². The van der Waals surface area contributed by atoms with E-state index in [1.54, 1.807) is 6.08 Å². The molecule has 0 aromatic rings. The second kappa shape index (κ2) is 16.1. The number of ether oxygens (including phenoxy) is 4. The third-order valence-electron chi connectivity index (χ3n) is 7.80. The summed E-state index contributed by atoms with van der Waals surface area (Å²) in [4.78, 5) is 36.2. The summed E-state index contributed by atoms with van der Waals surface area (Å²) in [6.07, 6.45) is 14.4. The van der Waals surface area contributed by atoms with E-state index in [4.69, 9.17) is 18.9 Å². The van der Waals surface area contributed by atoms with Crippen molar-refractivity contribution in [1.82, 2.24) is 0 Å². The van der Waals surface area contributed by atoms with Crippen molar-refractivity contribution in [1.29, 1.82) is 0 Å². The van der Waals surface area contributed by atoms with E-state index in [9.17, 15) is 14.4 Å². The molecule has 2 aliphatic carbocycles. The summed E-state index contributed by atoms with van der Waals surface area (Å²) in [5, 5.41) is 0. The van der Waals surface area contributed by atoms with Crippen molar-refractivity contribution in [3.05, 3.63) is 12.2 Å². The number of unbranched alkanes of at least 4 members (excludes halogenated alkanes) is 3. The van der Waals surface area contributed by atoms with Crippen molar-refractivity contribution in [3.8, 4) is 11.8 Å². The highest BCUT2D eigenvalue weighted by atomic mass is 16.7. The Morgan fingerprint density at radius 3 is 2.53 bits per heavy atom. The lowest BCUT2D eigenvalue weighted by Crippen LogP contribution is -2.30. The van der Waals surface area contributed by atoms with Gasteiger partial charge in [0, 0.05) is 56.5 Å². The first kappa shape index (κ1) is 30.4. The lowest BCUT2D eigenvalue weighted by Gasteiger charge is -2.29. The molecular weight excluding hydrogens is 484 g/mol. The topological polar surface area (TPSA) is 88.1 Å². The summed E-state index contributed by atoms with van der Waals surface area (Å²) in [6.45, 7) is 4.07. The van der Waals surface area contributed by atoms with Gasteiger partial charge in [-0.25, -0.2) is 0 Å². The van der Waals surface area contributed by atoms with Crippen LogP contribution in [0.5, 0.6) is 0 Å². The highest BCUT2D eigenvalue weighted by Crippen LogP contribution is 2.42. The monoisotopic (exact) mass is 530 g/mol. The summed E-state index contributed by atoms with van der Waals surface area (Å²) in [7, 11) is 1.41. The molecule has 3 rings (SSSR count). The van der Waals surface area contributed by atoms with Crippen molar-refractivity contribution < 1.29 is 33.3 Å². The first-order valence-electron chi connectivity index (χ1n) is 14.6. The molecule has 2 saturated carbocycles. The zero-order valence-corrected chi connectivity index (χ0v) is 23.5. The van der Waals surface area contributed by atoms with Crippen LogP contribution in [0, 0.1) is 35.5 Å². The number of methoxy groups -OCH3 is 1. The van der Waals surface area contributed by atoms with Gasteiger partial charge in [0.15, 0.2) is 12.1 Å². The Morgan fingerprint density at radius 1 is 1.05 bits per heavy atom. The number of esters is 2. The molecule has 3 aliphatic rings. The highest BCUT2D eigenvalue weighted by Gasteiger charge is 2.45. The Labute approximate surface area is 228 Å². The number of carbonyl (C=O) groups is 3. The third-order valence-corrected chi connectivity index (χ3v) is 7.80. The van der Waals surface area contributed by atoms with Crippen LogP contribution in [0.3, 0.4) is 0 Å². The van der Waals surface area contributed by atoms with Crippen LogP contribution in [0.15, 0.2) is 12.2 Å². The van der Waals surface area contributed by atoms with Gasteiger partial charge in [-0.05, 0) is 51.0 Å². The van der Waals surface area contributed by atoms with Crippen LogP contribution in [-0.4, -0.2) is 49.9 Å². The van der Waals surface area contributed by atoms with E-state index in [2.05, 4.69) is 11.8 Å². The smallest absolute Gasteiger partial charge is 0.305 e. The van der Waals surface area contributed by atoms with Gasteiger partial charge in [0.2, 0.25) is 0 Å². The lowest BCUT2D eigenvalue weighted by atomic mass is 9.87. The van der Waals surface area contributed by atoms with Gasteiger partial charge in [0.25, 0.3) is 0 Å². The maximum atomic E-state index is 12.9. The predicted molar refractivity (Wildman–Crippen MR) is 144 cm³/mol. The normalized spacial score (nSPS) is 27.9. The summed E-state index contributed by atoms with van der Waals surface area (Å²) in [5.74, 6) is 6.40. The van der Waals surface area contributed by atoms with Crippen molar-refractivity contribution in [2.45, 2.75) is 116 Å². The number of rotatable bonds is 14. The molecule has 0 amide bonds. The third kappa shape index (κ3) is 10.5. The first-order chi connectivity index (χ1) is 18.4. The van der Waals surface area contributed by atoms with E-state index < -0.39 is 0 Å². The van der Waals surface area contributed by atoms with Crippen LogP contribution in [-0.2, 0) is 33.3 Å². The summed E-state index contributed by atoms with van der Waals surface area (Å²) >= 11 is 0. The second-order valence-electron chi connectivity index (χ2n) is 11.1. The molecule has 3 fully saturated rings. The minimum Gasteiger partial charge on any atom is -0.469 e. The SMILES string of the molecule is COC(=O)CCCCCC[C@@H]1[C@@H](/C=C/C(=O)C(C)CC#CC2CC2)[C@H](OC2CCCCO2)C[C@@H]1OC(C)=O. The molecule has 1 saturated heterocycles. The molecule has 0 radical (unpaired) electrons. The Bertz CT molecular complexity index is 859. The minimum atomic E-state index is -0.297. The van der Waals surface area contributed by atoms with Crippen molar-refractivity contribution in [3.63, 3.8) is 0 Å². The first-order valence-corrected chi connectivity index (χ1v) is 14.6. The van der Waals surface area contributed by atoms with Crippen molar-refractivity contribution >= 4 is 17.7 Å². The van der Waals surface area contributed by atoms with Gasteiger partial charge in [-0.15, -0.1) is 5.92 Å². The molecule has 38 heavy (non-hydrogen) atoms. The molecule has 0 aromatic heterocycles. The Morgan fingerprint density at radius 2 is 1.84 bits per heavy atom. The fourth-order valence-corrected chi connectivity index (χ4v) is 5.40. The van der Waals surface area contributed by atoms with Gasteiger partial charge in [-0.1, -0.05) is 38.2 Å². The average molecular weight is 531 g/mol. The molecule has 6 atom stereocenters. The average Bonchev–Trinajstić information content (AvgIpc) is 3.67. The molecule has 7 heteroatoms. The Kier molecular flexibility index (Phi) is 12.8. The highest BCUT2D eigenvalue weighted by molar-refractivity contribution is 5.91. The molecular formula is C31H46O7. The van der Waals surface area contributed by atoms with Crippen molar-refractivity contribution in [2.75, 3.05) is 13.7 Å². The van der Waals surface area contributed by atoms with Gasteiger partial charge in [-0.3, -0.25) is 14.4 Å². The molecule has 0 bridgehead atoms.